The molecular formula is C20H22N2O3. The molecule has 1 aliphatic carbocycles. The van der Waals surface area contributed by atoms with Gasteiger partial charge in [0.05, 0.1) is 13.2 Å². The Labute approximate surface area is 147 Å². The first-order valence-corrected chi connectivity index (χ1v) is 8.39. The molecule has 5 heteroatoms. The summed E-state index contributed by atoms with van der Waals surface area (Å²) in [5.74, 6) is 1.04. The minimum Gasteiger partial charge on any atom is -0.497 e. The SMILES string of the molecule is COc1ccc(C(NC(=O)c2ccc(NC(C)=O)cc2)C2CC2)cc1. The molecule has 3 rings (SSSR count). The van der Waals surface area contributed by atoms with E-state index in [1.807, 2.05) is 24.3 Å². The van der Waals surface area contributed by atoms with Gasteiger partial charge in [-0.15, -0.1) is 0 Å². The lowest BCUT2D eigenvalue weighted by molar-refractivity contribution is -0.114. The highest BCUT2D eigenvalue weighted by Crippen LogP contribution is 2.41. The minimum absolute atomic E-state index is 0.00780. The van der Waals surface area contributed by atoms with Crippen molar-refractivity contribution in [2.75, 3.05) is 12.4 Å². The molecule has 2 aromatic carbocycles. The molecule has 25 heavy (non-hydrogen) atoms. The molecule has 2 amide bonds. The number of methoxy groups -OCH3 is 1. The van der Waals surface area contributed by atoms with Crippen molar-refractivity contribution >= 4 is 17.5 Å². The first-order valence-electron chi connectivity index (χ1n) is 8.39. The monoisotopic (exact) mass is 338 g/mol. The summed E-state index contributed by atoms with van der Waals surface area (Å²) in [6.45, 7) is 1.45. The second kappa shape index (κ2) is 7.38. The summed E-state index contributed by atoms with van der Waals surface area (Å²) in [5, 5.41) is 5.84. The summed E-state index contributed by atoms with van der Waals surface area (Å²) >= 11 is 0. The minimum atomic E-state index is -0.134. The average molecular weight is 338 g/mol. The highest BCUT2D eigenvalue weighted by Gasteiger charge is 2.33. The zero-order valence-corrected chi connectivity index (χ0v) is 14.4. The molecule has 0 spiro atoms. The summed E-state index contributed by atoms with van der Waals surface area (Å²) in [6.07, 6.45) is 2.25. The number of benzene rings is 2. The van der Waals surface area contributed by atoms with Gasteiger partial charge in [-0.3, -0.25) is 9.59 Å². The van der Waals surface area contributed by atoms with Crippen LogP contribution in [0.25, 0.3) is 0 Å². The largest absolute Gasteiger partial charge is 0.497 e. The maximum Gasteiger partial charge on any atom is 0.251 e. The van der Waals surface area contributed by atoms with E-state index in [1.54, 1.807) is 31.4 Å². The van der Waals surface area contributed by atoms with E-state index >= 15 is 0 Å². The first-order chi connectivity index (χ1) is 12.1. The molecule has 0 saturated heterocycles. The lowest BCUT2D eigenvalue weighted by Crippen LogP contribution is -2.29. The van der Waals surface area contributed by atoms with Crippen LogP contribution >= 0.6 is 0 Å². The van der Waals surface area contributed by atoms with Gasteiger partial charge < -0.3 is 15.4 Å². The van der Waals surface area contributed by atoms with Crippen LogP contribution in [0.5, 0.6) is 5.75 Å². The molecule has 1 unspecified atom stereocenters. The summed E-state index contributed by atoms with van der Waals surface area (Å²) in [5.41, 5.74) is 2.35. The van der Waals surface area contributed by atoms with Crippen LogP contribution in [0.4, 0.5) is 5.69 Å². The Morgan fingerprint density at radius 2 is 1.68 bits per heavy atom. The van der Waals surface area contributed by atoms with Crippen molar-refractivity contribution in [3.8, 4) is 5.75 Å². The number of nitrogens with one attached hydrogen (secondary N) is 2. The first kappa shape index (κ1) is 17.0. The number of hydrogen-bond acceptors (Lipinski definition) is 3. The van der Waals surface area contributed by atoms with E-state index in [0.29, 0.717) is 17.2 Å². The maximum absolute atomic E-state index is 12.6. The third-order valence-electron chi connectivity index (χ3n) is 4.32. The molecule has 0 aliphatic heterocycles. The highest BCUT2D eigenvalue weighted by atomic mass is 16.5. The molecule has 1 fully saturated rings. The van der Waals surface area contributed by atoms with Crippen LogP contribution in [0.1, 0.15) is 41.7 Å². The quantitative estimate of drug-likeness (QED) is 0.846. The number of amides is 2. The van der Waals surface area contributed by atoms with Gasteiger partial charge in [0.25, 0.3) is 5.91 Å². The van der Waals surface area contributed by atoms with E-state index in [2.05, 4.69) is 10.6 Å². The Hall–Kier alpha value is -2.82. The number of carbonyl (C=O) groups is 2. The summed E-state index contributed by atoms with van der Waals surface area (Å²) < 4.78 is 5.20. The van der Waals surface area contributed by atoms with E-state index in [4.69, 9.17) is 4.74 Å². The molecule has 0 bridgehead atoms. The van der Waals surface area contributed by atoms with Crippen molar-refractivity contribution in [3.05, 3.63) is 59.7 Å². The molecule has 0 radical (unpaired) electrons. The van der Waals surface area contributed by atoms with Crippen LogP contribution in [0.3, 0.4) is 0 Å². The molecule has 2 N–H and O–H groups in total. The van der Waals surface area contributed by atoms with E-state index < -0.39 is 0 Å². The molecule has 1 aliphatic rings. The van der Waals surface area contributed by atoms with Gasteiger partial charge in [0.1, 0.15) is 5.75 Å². The van der Waals surface area contributed by atoms with E-state index in [0.717, 1.165) is 24.2 Å². The van der Waals surface area contributed by atoms with Gasteiger partial charge in [-0.05, 0) is 60.7 Å². The average Bonchev–Trinajstić information content (AvgIpc) is 3.45. The van der Waals surface area contributed by atoms with Crippen LogP contribution in [-0.4, -0.2) is 18.9 Å². The fourth-order valence-electron chi connectivity index (χ4n) is 2.85. The Morgan fingerprint density at radius 3 is 2.20 bits per heavy atom. The lowest BCUT2D eigenvalue weighted by atomic mass is 10.0. The van der Waals surface area contributed by atoms with Crippen LogP contribution in [-0.2, 0) is 4.79 Å². The predicted molar refractivity (Wildman–Crippen MR) is 96.7 cm³/mol. The summed E-state index contributed by atoms with van der Waals surface area (Å²) in [6, 6.07) is 14.7. The zero-order valence-electron chi connectivity index (χ0n) is 14.4. The van der Waals surface area contributed by atoms with Crippen molar-refractivity contribution in [1.29, 1.82) is 0 Å². The van der Waals surface area contributed by atoms with Gasteiger partial charge in [-0.25, -0.2) is 0 Å². The van der Waals surface area contributed by atoms with Gasteiger partial charge in [0.15, 0.2) is 0 Å². The highest BCUT2D eigenvalue weighted by molar-refractivity contribution is 5.95. The number of anilines is 1. The molecular weight excluding hydrogens is 316 g/mol. The Morgan fingerprint density at radius 1 is 1.04 bits per heavy atom. The third-order valence-corrected chi connectivity index (χ3v) is 4.32. The number of carbonyl (C=O) groups excluding carboxylic acids is 2. The maximum atomic E-state index is 12.6. The van der Waals surface area contributed by atoms with Crippen molar-refractivity contribution < 1.29 is 14.3 Å². The number of rotatable bonds is 6. The van der Waals surface area contributed by atoms with Gasteiger partial charge in [0.2, 0.25) is 5.91 Å². The van der Waals surface area contributed by atoms with Gasteiger partial charge in [-0.1, -0.05) is 12.1 Å². The molecule has 2 aromatic rings. The molecule has 0 heterocycles. The Bertz CT molecular complexity index is 750. The van der Waals surface area contributed by atoms with Crippen LogP contribution in [0, 0.1) is 5.92 Å². The molecule has 5 nitrogen and oxygen atoms in total. The van der Waals surface area contributed by atoms with Crippen molar-refractivity contribution in [3.63, 3.8) is 0 Å². The van der Waals surface area contributed by atoms with Crippen molar-refractivity contribution in [1.82, 2.24) is 5.32 Å². The van der Waals surface area contributed by atoms with Gasteiger partial charge in [0, 0.05) is 18.2 Å². The van der Waals surface area contributed by atoms with Crippen LogP contribution < -0.4 is 15.4 Å². The van der Waals surface area contributed by atoms with Crippen LogP contribution in [0.15, 0.2) is 48.5 Å². The molecule has 0 aromatic heterocycles. The third kappa shape index (κ3) is 4.38. The predicted octanol–water partition coefficient (Wildman–Crippen LogP) is 3.53. The lowest BCUT2D eigenvalue weighted by Gasteiger charge is -2.19. The van der Waals surface area contributed by atoms with Gasteiger partial charge >= 0.3 is 0 Å². The van der Waals surface area contributed by atoms with E-state index in [9.17, 15) is 9.59 Å². The summed E-state index contributed by atoms with van der Waals surface area (Å²) in [4.78, 5) is 23.7. The number of hydrogen-bond donors (Lipinski definition) is 2. The van der Waals surface area contributed by atoms with Crippen LogP contribution in [0.2, 0.25) is 0 Å². The Balaban J connectivity index is 1.71. The zero-order chi connectivity index (χ0) is 17.8. The molecule has 1 atom stereocenters. The number of ether oxygens (including phenoxy) is 1. The van der Waals surface area contributed by atoms with Gasteiger partial charge in [-0.2, -0.15) is 0 Å². The van der Waals surface area contributed by atoms with E-state index in [1.165, 1.54) is 6.92 Å². The molecule has 130 valence electrons. The molecule has 1 saturated carbocycles. The fourth-order valence-corrected chi connectivity index (χ4v) is 2.85. The smallest absolute Gasteiger partial charge is 0.251 e. The topological polar surface area (TPSA) is 67.4 Å². The van der Waals surface area contributed by atoms with Crippen molar-refractivity contribution in [2.45, 2.75) is 25.8 Å². The fraction of sp³-hybridized carbons (Fsp3) is 0.300. The summed E-state index contributed by atoms with van der Waals surface area (Å²) in [7, 11) is 1.64. The normalized spacial score (nSPS) is 14.5. The van der Waals surface area contributed by atoms with Crippen molar-refractivity contribution in [2.24, 2.45) is 5.92 Å². The standard InChI is InChI=1S/C20H22N2O3/c1-13(23)21-17-9-5-16(6-10-17)20(24)22-19(14-3-4-14)15-7-11-18(25-2)12-8-15/h5-12,14,19H,3-4H2,1-2H3,(H,21,23)(H,22,24). The van der Waals surface area contributed by atoms with E-state index in [-0.39, 0.29) is 17.9 Å². The Kier molecular flexibility index (Phi) is 5.03. The second-order valence-electron chi connectivity index (χ2n) is 6.32. The second-order valence-corrected chi connectivity index (χ2v) is 6.32.